The van der Waals surface area contributed by atoms with Gasteiger partial charge in [0.25, 0.3) is 0 Å². The van der Waals surface area contributed by atoms with E-state index in [4.69, 9.17) is 9.41 Å². The minimum atomic E-state index is -4.11. The first-order chi connectivity index (χ1) is 10.5. The summed E-state index contributed by atoms with van der Waals surface area (Å²) in [5.41, 5.74) is 0. The highest BCUT2D eigenvalue weighted by atomic mass is 31.2. The van der Waals surface area contributed by atoms with E-state index in [0.29, 0.717) is 12.5 Å². The third-order valence-corrected chi connectivity index (χ3v) is 4.78. The van der Waals surface area contributed by atoms with E-state index in [-0.39, 0.29) is 12.5 Å². The monoisotopic (exact) mass is 338 g/mol. The standard InChI is InChI=1S/C16H35O5P/c1-5-9-11-15(7-3)13-19-21-22(17,18)20-14-16(8-4)12-10-6-2/h15-16H,5-14H2,1-4H3,(H,17,18). The lowest BCUT2D eigenvalue weighted by Crippen LogP contribution is -2.11. The van der Waals surface area contributed by atoms with Gasteiger partial charge in [-0.2, -0.15) is 0 Å². The van der Waals surface area contributed by atoms with Crippen LogP contribution in [0, 0.1) is 11.8 Å². The highest BCUT2D eigenvalue weighted by molar-refractivity contribution is 7.47. The summed E-state index contributed by atoms with van der Waals surface area (Å²) in [6.45, 7) is 8.98. The molecule has 5 nitrogen and oxygen atoms in total. The van der Waals surface area contributed by atoms with Crippen LogP contribution in [0.3, 0.4) is 0 Å². The lowest BCUT2D eigenvalue weighted by molar-refractivity contribution is -0.234. The Hall–Kier alpha value is 0.0700. The van der Waals surface area contributed by atoms with Gasteiger partial charge in [-0.05, 0) is 24.7 Å². The molecular weight excluding hydrogens is 303 g/mol. The predicted molar refractivity (Wildman–Crippen MR) is 89.4 cm³/mol. The fraction of sp³-hybridized carbons (Fsp3) is 1.00. The second-order valence-corrected chi connectivity index (χ2v) is 7.30. The Morgan fingerprint density at radius 3 is 1.86 bits per heavy atom. The number of phosphoric ester groups is 1. The Bertz CT molecular complexity index is 298. The summed E-state index contributed by atoms with van der Waals surface area (Å²) in [4.78, 5) is 14.6. The summed E-state index contributed by atoms with van der Waals surface area (Å²) in [6, 6.07) is 0. The normalized spacial score (nSPS) is 17.1. The van der Waals surface area contributed by atoms with E-state index in [9.17, 15) is 9.46 Å². The molecule has 0 heterocycles. The molecule has 0 aliphatic carbocycles. The zero-order valence-electron chi connectivity index (χ0n) is 14.8. The van der Waals surface area contributed by atoms with Crippen molar-refractivity contribution in [3.8, 4) is 0 Å². The van der Waals surface area contributed by atoms with Crippen LogP contribution in [0.15, 0.2) is 0 Å². The van der Waals surface area contributed by atoms with Crippen molar-refractivity contribution < 1.29 is 23.5 Å². The van der Waals surface area contributed by atoms with Crippen LogP contribution in [0.1, 0.15) is 79.1 Å². The van der Waals surface area contributed by atoms with Crippen LogP contribution >= 0.6 is 7.82 Å². The molecule has 0 aromatic heterocycles. The minimum Gasteiger partial charge on any atom is -0.301 e. The number of rotatable bonds is 15. The van der Waals surface area contributed by atoms with Gasteiger partial charge in [-0.25, -0.2) is 9.45 Å². The topological polar surface area (TPSA) is 65.0 Å². The molecule has 0 aromatic rings. The first kappa shape index (κ1) is 22.1. The van der Waals surface area contributed by atoms with Crippen molar-refractivity contribution in [2.75, 3.05) is 13.2 Å². The fourth-order valence-corrected chi connectivity index (χ4v) is 2.85. The molecule has 0 aliphatic rings. The Morgan fingerprint density at radius 1 is 0.909 bits per heavy atom. The van der Waals surface area contributed by atoms with Gasteiger partial charge in [-0.3, -0.25) is 4.52 Å². The molecule has 3 atom stereocenters. The van der Waals surface area contributed by atoms with E-state index in [2.05, 4.69) is 32.4 Å². The fourth-order valence-electron chi connectivity index (χ4n) is 2.21. The molecule has 3 unspecified atom stereocenters. The lowest BCUT2D eigenvalue weighted by atomic mass is 10.0. The van der Waals surface area contributed by atoms with Gasteiger partial charge in [-0.1, -0.05) is 66.2 Å². The molecule has 0 aromatic carbocycles. The summed E-state index contributed by atoms with van der Waals surface area (Å²) in [5, 5.41) is 0. The zero-order valence-corrected chi connectivity index (χ0v) is 15.6. The summed E-state index contributed by atoms with van der Waals surface area (Å²) < 4.78 is 21.4. The molecule has 134 valence electrons. The molecule has 0 saturated carbocycles. The SMILES string of the molecule is CCCCC(CC)COOP(=O)(O)OCC(CC)CCCC. The number of phosphoric acid groups is 1. The summed E-state index contributed by atoms with van der Waals surface area (Å²) in [7, 11) is -4.11. The van der Waals surface area contributed by atoms with Crippen LogP contribution in [0.2, 0.25) is 0 Å². The molecule has 0 radical (unpaired) electrons. The van der Waals surface area contributed by atoms with Crippen molar-refractivity contribution >= 4 is 7.82 Å². The summed E-state index contributed by atoms with van der Waals surface area (Å²) in [6.07, 6.45) is 8.42. The third-order valence-electron chi connectivity index (χ3n) is 4.01. The van der Waals surface area contributed by atoms with E-state index in [1.54, 1.807) is 0 Å². The van der Waals surface area contributed by atoms with E-state index >= 15 is 0 Å². The predicted octanol–water partition coefficient (Wildman–Crippen LogP) is 5.48. The van der Waals surface area contributed by atoms with E-state index in [1.807, 2.05) is 0 Å². The van der Waals surface area contributed by atoms with Crippen LogP contribution in [-0.2, 0) is 18.7 Å². The van der Waals surface area contributed by atoms with E-state index in [0.717, 1.165) is 51.4 Å². The van der Waals surface area contributed by atoms with Gasteiger partial charge in [0, 0.05) is 0 Å². The first-order valence-corrected chi connectivity index (χ1v) is 10.3. The number of hydrogen-bond acceptors (Lipinski definition) is 4. The minimum absolute atomic E-state index is 0.237. The molecular formula is C16H35O5P. The molecule has 0 rings (SSSR count). The Balaban J connectivity index is 3.99. The van der Waals surface area contributed by atoms with Crippen molar-refractivity contribution in [1.29, 1.82) is 0 Å². The van der Waals surface area contributed by atoms with Crippen molar-refractivity contribution in [2.45, 2.75) is 79.1 Å². The Morgan fingerprint density at radius 2 is 1.41 bits per heavy atom. The quantitative estimate of drug-likeness (QED) is 0.243. The third kappa shape index (κ3) is 11.6. The second-order valence-electron chi connectivity index (χ2n) is 5.96. The van der Waals surface area contributed by atoms with Gasteiger partial charge in [0.2, 0.25) is 0 Å². The van der Waals surface area contributed by atoms with Crippen LogP contribution in [-0.4, -0.2) is 18.1 Å². The maximum Gasteiger partial charge on any atom is 0.499 e. The second kappa shape index (κ2) is 13.5. The summed E-state index contributed by atoms with van der Waals surface area (Å²) in [5.74, 6) is 0.643. The average molecular weight is 338 g/mol. The van der Waals surface area contributed by atoms with Crippen LogP contribution < -0.4 is 0 Å². The number of hydrogen-bond donors (Lipinski definition) is 1. The molecule has 1 N–H and O–H groups in total. The molecule has 0 spiro atoms. The van der Waals surface area contributed by atoms with Gasteiger partial charge in [-0.15, -0.1) is 4.67 Å². The van der Waals surface area contributed by atoms with Gasteiger partial charge < -0.3 is 4.89 Å². The highest BCUT2D eigenvalue weighted by Crippen LogP contribution is 2.44. The zero-order chi connectivity index (χ0) is 16.8. The number of unbranched alkanes of at least 4 members (excludes halogenated alkanes) is 2. The lowest BCUT2D eigenvalue weighted by Gasteiger charge is -2.18. The van der Waals surface area contributed by atoms with Crippen molar-refractivity contribution in [1.82, 2.24) is 0 Å². The average Bonchev–Trinajstić information content (AvgIpc) is 2.50. The molecule has 0 aliphatic heterocycles. The molecule has 0 saturated heterocycles. The van der Waals surface area contributed by atoms with E-state index < -0.39 is 7.82 Å². The molecule has 0 fully saturated rings. The van der Waals surface area contributed by atoms with Crippen LogP contribution in [0.4, 0.5) is 0 Å². The van der Waals surface area contributed by atoms with Crippen molar-refractivity contribution in [3.63, 3.8) is 0 Å². The highest BCUT2D eigenvalue weighted by Gasteiger charge is 2.25. The van der Waals surface area contributed by atoms with Crippen molar-refractivity contribution in [3.05, 3.63) is 0 Å². The molecule has 0 bridgehead atoms. The maximum absolute atomic E-state index is 11.8. The van der Waals surface area contributed by atoms with Gasteiger partial charge in [0.15, 0.2) is 0 Å². The Labute approximate surface area is 136 Å². The Kier molecular flexibility index (Phi) is 13.5. The first-order valence-electron chi connectivity index (χ1n) is 8.77. The van der Waals surface area contributed by atoms with E-state index in [1.165, 1.54) is 0 Å². The molecule has 22 heavy (non-hydrogen) atoms. The maximum atomic E-state index is 11.8. The molecule has 6 heteroatoms. The van der Waals surface area contributed by atoms with Crippen molar-refractivity contribution in [2.24, 2.45) is 11.8 Å². The van der Waals surface area contributed by atoms with Crippen LogP contribution in [0.5, 0.6) is 0 Å². The van der Waals surface area contributed by atoms with Crippen LogP contribution in [0.25, 0.3) is 0 Å². The molecule has 0 amide bonds. The summed E-state index contributed by atoms with van der Waals surface area (Å²) >= 11 is 0. The van der Waals surface area contributed by atoms with Gasteiger partial charge in [0.05, 0.1) is 13.2 Å². The van der Waals surface area contributed by atoms with Gasteiger partial charge >= 0.3 is 7.82 Å². The smallest absolute Gasteiger partial charge is 0.301 e. The largest absolute Gasteiger partial charge is 0.499 e. The van der Waals surface area contributed by atoms with Gasteiger partial charge in [0.1, 0.15) is 0 Å².